The smallest absolute Gasteiger partial charge is 0.187 e. The molecule has 4 aromatic heterocycles. The molecule has 4 heterocycles. The van der Waals surface area contributed by atoms with Gasteiger partial charge in [0.1, 0.15) is 11.3 Å². The number of rotatable bonds is 6. The molecular formula is C25H20ClN5OS. The number of hydrogen-bond donors (Lipinski definition) is 1. The third-order valence-corrected chi connectivity index (χ3v) is 6.39. The van der Waals surface area contributed by atoms with Crippen LogP contribution >= 0.6 is 22.9 Å². The lowest BCUT2D eigenvalue weighted by molar-refractivity contribution is 0.0992. The van der Waals surface area contributed by atoms with Crippen molar-refractivity contribution >= 4 is 45.2 Å². The van der Waals surface area contributed by atoms with Crippen molar-refractivity contribution in [1.29, 1.82) is 0 Å². The van der Waals surface area contributed by atoms with Crippen LogP contribution in [0.15, 0.2) is 66.3 Å². The Hall–Kier alpha value is -3.55. The number of nitrogens with one attached hydrogen (secondary N) is 1. The first-order chi connectivity index (χ1) is 16.0. The molecule has 8 heteroatoms. The number of benzene rings is 1. The first-order valence-corrected chi connectivity index (χ1v) is 11.6. The summed E-state index contributed by atoms with van der Waals surface area (Å²) in [6.45, 7) is 3.88. The molecule has 0 bridgehead atoms. The molecule has 0 radical (unpaired) electrons. The molecule has 5 aromatic rings. The zero-order valence-electron chi connectivity index (χ0n) is 18.0. The standard InChI is InChI=1S/C25H20ClN5OS/c1-15-17(6-4-10-27-15)12-22(32)18-5-3-7-20(11-18)29-25-30-21(14-33-25)24-16(2)28-23-9-8-19(26)13-31(23)24/h3-11,13-14H,12H2,1-2H3,(H,29,30). The third-order valence-electron chi connectivity index (χ3n) is 5.41. The predicted molar refractivity (Wildman–Crippen MR) is 133 cm³/mol. The van der Waals surface area contributed by atoms with E-state index in [0.717, 1.165) is 44.8 Å². The maximum atomic E-state index is 12.8. The van der Waals surface area contributed by atoms with Crippen molar-refractivity contribution < 1.29 is 4.79 Å². The van der Waals surface area contributed by atoms with E-state index in [1.165, 1.54) is 11.3 Å². The first-order valence-electron chi connectivity index (χ1n) is 10.4. The average Bonchev–Trinajstić information content (AvgIpc) is 3.38. The number of thiazole rings is 1. The summed E-state index contributed by atoms with van der Waals surface area (Å²) in [6, 6.07) is 15.0. The maximum absolute atomic E-state index is 12.8. The van der Waals surface area contributed by atoms with E-state index in [2.05, 4.69) is 15.3 Å². The normalized spacial score (nSPS) is 11.1. The van der Waals surface area contributed by atoms with Crippen LogP contribution in [0, 0.1) is 13.8 Å². The molecule has 0 saturated carbocycles. The number of ketones is 1. The topological polar surface area (TPSA) is 72.2 Å². The van der Waals surface area contributed by atoms with Gasteiger partial charge in [-0.15, -0.1) is 11.3 Å². The zero-order valence-corrected chi connectivity index (χ0v) is 19.6. The Labute approximate surface area is 199 Å². The fourth-order valence-corrected chi connectivity index (χ4v) is 4.63. The number of pyridine rings is 2. The summed E-state index contributed by atoms with van der Waals surface area (Å²) in [7, 11) is 0. The van der Waals surface area contributed by atoms with Crippen LogP contribution < -0.4 is 5.32 Å². The molecule has 0 spiro atoms. The van der Waals surface area contributed by atoms with Gasteiger partial charge >= 0.3 is 0 Å². The van der Waals surface area contributed by atoms with E-state index in [1.807, 2.05) is 78.4 Å². The van der Waals surface area contributed by atoms with Gasteiger partial charge in [-0.1, -0.05) is 29.8 Å². The van der Waals surface area contributed by atoms with Gasteiger partial charge in [0, 0.05) is 41.1 Å². The summed E-state index contributed by atoms with van der Waals surface area (Å²) in [6.07, 6.45) is 3.90. The quantitative estimate of drug-likeness (QED) is 0.293. The molecule has 164 valence electrons. The van der Waals surface area contributed by atoms with Crippen molar-refractivity contribution in [2.75, 3.05) is 5.32 Å². The fraction of sp³-hybridized carbons (Fsp3) is 0.120. The number of carbonyl (C=O) groups is 1. The van der Waals surface area contributed by atoms with Crippen LogP contribution in [0.4, 0.5) is 10.8 Å². The molecule has 6 nitrogen and oxygen atoms in total. The minimum atomic E-state index is 0.0489. The number of carbonyl (C=O) groups excluding carboxylic acids is 1. The van der Waals surface area contributed by atoms with Crippen LogP contribution in [0.5, 0.6) is 0 Å². The number of aromatic nitrogens is 4. The number of hydrogen-bond acceptors (Lipinski definition) is 6. The lowest BCUT2D eigenvalue weighted by Crippen LogP contribution is -2.06. The largest absolute Gasteiger partial charge is 0.332 e. The van der Waals surface area contributed by atoms with Gasteiger partial charge < -0.3 is 5.32 Å². The van der Waals surface area contributed by atoms with E-state index in [1.54, 1.807) is 6.20 Å². The van der Waals surface area contributed by atoms with Crippen molar-refractivity contribution in [1.82, 2.24) is 19.4 Å². The highest BCUT2D eigenvalue weighted by Gasteiger charge is 2.15. The Kier molecular flexibility index (Phi) is 5.66. The highest BCUT2D eigenvalue weighted by atomic mass is 35.5. The Balaban J connectivity index is 1.37. The van der Waals surface area contributed by atoms with Crippen LogP contribution in [0.2, 0.25) is 5.02 Å². The molecule has 0 aliphatic heterocycles. The summed E-state index contributed by atoms with van der Waals surface area (Å²) in [5.41, 5.74) is 6.70. The van der Waals surface area contributed by atoms with Crippen molar-refractivity contribution in [2.45, 2.75) is 20.3 Å². The summed E-state index contributed by atoms with van der Waals surface area (Å²) in [5, 5.41) is 6.68. The molecular weight excluding hydrogens is 454 g/mol. The molecule has 0 aliphatic carbocycles. The fourth-order valence-electron chi connectivity index (χ4n) is 3.76. The number of aryl methyl sites for hydroxylation is 2. The summed E-state index contributed by atoms with van der Waals surface area (Å²) >= 11 is 7.68. The number of nitrogens with zero attached hydrogens (tertiary/aromatic N) is 4. The van der Waals surface area contributed by atoms with E-state index in [-0.39, 0.29) is 5.78 Å². The highest BCUT2D eigenvalue weighted by Crippen LogP contribution is 2.30. The van der Waals surface area contributed by atoms with Gasteiger partial charge in [0.15, 0.2) is 10.9 Å². The lowest BCUT2D eigenvalue weighted by Gasteiger charge is -2.07. The second-order valence-corrected chi connectivity index (χ2v) is 9.01. The van der Waals surface area contributed by atoms with E-state index >= 15 is 0 Å². The third kappa shape index (κ3) is 4.37. The van der Waals surface area contributed by atoms with Crippen LogP contribution in [-0.4, -0.2) is 25.1 Å². The minimum Gasteiger partial charge on any atom is -0.332 e. The van der Waals surface area contributed by atoms with Crippen LogP contribution in [0.3, 0.4) is 0 Å². The van der Waals surface area contributed by atoms with E-state index < -0.39 is 0 Å². The van der Waals surface area contributed by atoms with E-state index in [9.17, 15) is 4.79 Å². The van der Waals surface area contributed by atoms with Gasteiger partial charge in [0.2, 0.25) is 0 Å². The summed E-state index contributed by atoms with van der Waals surface area (Å²) in [4.78, 5) is 26.5. The SMILES string of the molecule is Cc1ncccc1CC(=O)c1cccc(Nc2nc(-c3c(C)nc4ccc(Cl)cn34)cs2)c1. The molecule has 1 aromatic carbocycles. The second kappa shape index (κ2) is 8.77. The molecule has 0 unspecified atom stereocenters. The van der Waals surface area contributed by atoms with E-state index in [4.69, 9.17) is 16.6 Å². The Morgan fingerprint density at radius 1 is 1.09 bits per heavy atom. The zero-order chi connectivity index (χ0) is 22.9. The Morgan fingerprint density at radius 2 is 1.97 bits per heavy atom. The Morgan fingerprint density at radius 3 is 2.82 bits per heavy atom. The number of fused-ring (bicyclic) bond motifs is 1. The van der Waals surface area contributed by atoms with Gasteiger partial charge in [0.25, 0.3) is 0 Å². The maximum Gasteiger partial charge on any atom is 0.187 e. The van der Waals surface area contributed by atoms with Gasteiger partial charge in [-0.2, -0.15) is 0 Å². The van der Waals surface area contributed by atoms with Crippen LogP contribution in [0.1, 0.15) is 27.3 Å². The number of Topliss-reactive ketones (excluding diaryl/α,β-unsaturated/α-hetero) is 1. The molecule has 5 rings (SSSR count). The number of halogens is 1. The monoisotopic (exact) mass is 473 g/mol. The van der Waals surface area contributed by atoms with Crippen molar-refractivity contribution in [3.05, 3.63) is 93.8 Å². The van der Waals surface area contributed by atoms with Crippen molar-refractivity contribution in [3.8, 4) is 11.4 Å². The molecule has 0 fully saturated rings. The van der Waals surface area contributed by atoms with Crippen LogP contribution in [0.25, 0.3) is 17.0 Å². The lowest BCUT2D eigenvalue weighted by atomic mass is 10.0. The molecule has 0 saturated heterocycles. The van der Waals surface area contributed by atoms with Crippen molar-refractivity contribution in [2.24, 2.45) is 0 Å². The van der Waals surface area contributed by atoms with Crippen LogP contribution in [-0.2, 0) is 6.42 Å². The minimum absolute atomic E-state index is 0.0489. The predicted octanol–water partition coefficient (Wildman–Crippen LogP) is 6.29. The van der Waals surface area contributed by atoms with Gasteiger partial charge in [-0.3, -0.25) is 14.2 Å². The summed E-state index contributed by atoms with van der Waals surface area (Å²) < 4.78 is 1.95. The van der Waals surface area contributed by atoms with Crippen molar-refractivity contribution in [3.63, 3.8) is 0 Å². The van der Waals surface area contributed by atoms with Gasteiger partial charge in [-0.05, 0) is 49.7 Å². The first kappa shape index (κ1) is 21.3. The van der Waals surface area contributed by atoms with Gasteiger partial charge in [-0.25, -0.2) is 9.97 Å². The summed E-state index contributed by atoms with van der Waals surface area (Å²) in [5.74, 6) is 0.0489. The number of imidazole rings is 1. The van der Waals surface area contributed by atoms with E-state index in [0.29, 0.717) is 17.0 Å². The molecule has 0 atom stereocenters. The second-order valence-electron chi connectivity index (χ2n) is 7.71. The van der Waals surface area contributed by atoms with Gasteiger partial charge in [0.05, 0.1) is 16.4 Å². The molecule has 0 aliphatic rings. The molecule has 1 N–H and O–H groups in total. The molecule has 33 heavy (non-hydrogen) atoms. The number of anilines is 2. The molecule has 0 amide bonds. The Bertz CT molecular complexity index is 1490. The highest BCUT2D eigenvalue weighted by molar-refractivity contribution is 7.14. The average molecular weight is 474 g/mol.